The number of rotatable bonds is 4. The Morgan fingerprint density at radius 3 is 2.75 bits per heavy atom. The van der Waals surface area contributed by atoms with Crippen molar-refractivity contribution >= 4 is 5.78 Å². The Kier molecular flexibility index (Phi) is 4.27. The van der Waals surface area contributed by atoms with Crippen molar-refractivity contribution in [3.63, 3.8) is 0 Å². The van der Waals surface area contributed by atoms with E-state index in [0.717, 1.165) is 6.07 Å². The number of ether oxygens (including phenoxy) is 2. The lowest BCUT2D eigenvalue weighted by atomic mass is 10.0. The highest BCUT2D eigenvalue weighted by atomic mass is 19.4. The van der Waals surface area contributed by atoms with Crippen molar-refractivity contribution in [1.29, 1.82) is 0 Å². The third kappa shape index (κ3) is 3.47. The third-order valence-corrected chi connectivity index (χ3v) is 3.01. The Balaban J connectivity index is 2.01. The molecule has 0 amide bonds. The fraction of sp³-hybridized carbons (Fsp3) is 0.462. The molecule has 0 aliphatic carbocycles. The molecule has 1 unspecified atom stereocenters. The largest absolute Gasteiger partial charge is 0.486 e. The number of carbonyl (C=O) groups is 1. The summed E-state index contributed by atoms with van der Waals surface area (Å²) in [5.41, 5.74) is -1.41. The van der Waals surface area contributed by atoms with Gasteiger partial charge in [-0.25, -0.2) is 4.39 Å². The van der Waals surface area contributed by atoms with Crippen LogP contribution in [0.3, 0.4) is 0 Å². The van der Waals surface area contributed by atoms with Crippen LogP contribution >= 0.6 is 0 Å². The van der Waals surface area contributed by atoms with Crippen LogP contribution in [0.15, 0.2) is 18.2 Å². The molecule has 1 fully saturated rings. The highest BCUT2D eigenvalue weighted by molar-refractivity contribution is 5.82. The fourth-order valence-corrected chi connectivity index (χ4v) is 1.87. The summed E-state index contributed by atoms with van der Waals surface area (Å²) in [6, 6.07) is 2.28. The number of carbonyl (C=O) groups excluding carboxylic acids is 1. The van der Waals surface area contributed by atoms with Crippen molar-refractivity contribution in [3.8, 4) is 5.75 Å². The number of hydrogen-bond donors (Lipinski definition) is 0. The molecule has 3 nitrogen and oxygen atoms in total. The van der Waals surface area contributed by atoms with Crippen LogP contribution in [-0.2, 0) is 15.7 Å². The quantitative estimate of drug-likeness (QED) is 0.801. The van der Waals surface area contributed by atoms with Crippen LogP contribution in [0.25, 0.3) is 0 Å². The molecule has 1 aromatic carbocycles. The molecule has 0 N–H and O–H groups in total. The summed E-state index contributed by atoms with van der Waals surface area (Å²) in [6.45, 7) is 0.446. The molecule has 0 bridgehead atoms. The van der Waals surface area contributed by atoms with Gasteiger partial charge in [0.1, 0.15) is 18.2 Å². The number of hydrogen-bond acceptors (Lipinski definition) is 3. The van der Waals surface area contributed by atoms with Gasteiger partial charge in [-0.05, 0) is 24.6 Å². The molecule has 1 heterocycles. The van der Waals surface area contributed by atoms with Crippen molar-refractivity contribution in [1.82, 2.24) is 0 Å². The molecule has 0 aromatic heterocycles. The first-order valence-electron chi connectivity index (χ1n) is 5.98. The molecule has 0 saturated carbocycles. The zero-order valence-corrected chi connectivity index (χ0v) is 10.4. The van der Waals surface area contributed by atoms with E-state index < -0.39 is 17.6 Å². The van der Waals surface area contributed by atoms with Gasteiger partial charge in [-0.2, -0.15) is 13.2 Å². The molecule has 1 aliphatic rings. The zero-order chi connectivity index (χ0) is 14.8. The summed E-state index contributed by atoms with van der Waals surface area (Å²) in [4.78, 5) is 11.7. The summed E-state index contributed by atoms with van der Waals surface area (Å²) in [5.74, 6) is -2.08. The van der Waals surface area contributed by atoms with Crippen LogP contribution in [0.4, 0.5) is 17.6 Å². The van der Waals surface area contributed by atoms with E-state index in [-0.39, 0.29) is 24.1 Å². The van der Waals surface area contributed by atoms with Crippen molar-refractivity contribution in [3.05, 3.63) is 29.6 Å². The second-order valence-corrected chi connectivity index (χ2v) is 4.45. The van der Waals surface area contributed by atoms with Gasteiger partial charge in [0.2, 0.25) is 0 Å². The monoisotopic (exact) mass is 292 g/mol. The molecular weight excluding hydrogens is 280 g/mol. The van der Waals surface area contributed by atoms with Gasteiger partial charge in [0.05, 0.1) is 12.2 Å². The van der Waals surface area contributed by atoms with Gasteiger partial charge in [0.15, 0.2) is 5.78 Å². The van der Waals surface area contributed by atoms with Gasteiger partial charge >= 0.3 is 6.18 Å². The first-order valence-corrected chi connectivity index (χ1v) is 5.98. The van der Waals surface area contributed by atoms with E-state index in [1.807, 2.05) is 0 Å². The Morgan fingerprint density at radius 2 is 2.15 bits per heavy atom. The van der Waals surface area contributed by atoms with Crippen molar-refractivity contribution in [2.45, 2.75) is 12.6 Å². The minimum Gasteiger partial charge on any atom is -0.486 e. The zero-order valence-electron chi connectivity index (χ0n) is 10.4. The van der Waals surface area contributed by atoms with Gasteiger partial charge in [-0.3, -0.25) is 4.79 Å². The van der Waals surface area contributed by atoms with Crippen LogP contribution in [0.5, 0.6) is 5.75 Å². The van der Waals surface area contributed by atoms with Crippen LogP contribution in [-0.4, -0.2) is 25.6 Å². The Bertz CT molecular complexity index is 493. The molecule has 7 heteroatoms. The predicted octanol–water partition coefficient (Wildman–Crippen LogP) is 2.83. The number of ketones is 1. The van der Waals surface area contributed by atoms with E-state index in [0.29, 0.717) is 31.8 Å². The molecule has 0 radical (unpaired) electrons. The lowest BCUT2D eigenvalue weighted by Gasteiger charge is -2.12. The average molecular weight is 292 g/mol. The maximum Gasteiger partial charge on any atom is 0.419 e. The van der Waals surface area contributed by atoms with Crippen LogP contribution in [0.2, 0.25) is 0 Å². The van der Waals surface area contributed by atoms with E-state index in [1.165, 1.54) is 0 Å². The topological polar surface area (TPSA) is 35.5 Å². The summed E-state index contributed by atoms with van der Waals surface area (Å²) in [6.07, 6.45) is -4.22. The first kappa shape index (κ1) is 14.8. The summed E-state index contributed by atoms with van der Waals surface area (Å²) < 4.78 is 60.6. The van der Waals surface area contributed by atoms with Crippen LogP contribution in [0.1, 0.15) is 12.0 Å². The number of halogens is 4. The number of Topliss-reactive ketones (excluding diaryl/α,β-unsaturated/α-hetero) is 1. The highest BCUT2D eigenvalue weighted by Crippen LogP contribution is 2.33. The lowest BCUT2D eigenvalue weighted by molar-refractivity contribution is -0.140. The fourth-order valence-electron chi connectivity index (χ4n) is 1.87. The van der Waals surface area contributed by atoms with Gasteiger partial charge in [0, 0.05) is 12.5 Å². The molecule has 2 rings (SSSR count). The Labute approximate surface area is 112 Å². The van der Waals surface area contributed by atoms with E-state index in [9.17, 15) is 22.4 Å². The molecule has 1 atom stereocenters. The summed E-state index contributed by atoms with van der Waals surface area (Å²) >= 11 is 0. The van der Waals surface area contributed by atoms with Crippen molar-refractivity contribution in [2.75, 3.05) is 19.8 Å². The molecule has 0 spiro atoms. The number of benzene rings is 1. The van der Waals surface area contributed by atoms with E-state index >= 15 is 0 Å². The van der Waals surface area contributed by atoms with Gasteiger partial charge in [-0.1, -0.05) is 0 Å². The molecular formula is C13H12F4O3. The summed E-state index contributed by atoms with van der Waals surface area (Å²) in [7, 11) is 0. The Morgan fingerprint density at radius 1 is 1.40 bits per heavy atom. The minimum atomic E-state index is -4.80. The number of alkyl halides is 3. The van der Waals surface area contributed by atoms with Gasteiger partial charge < -0.3 is 9.47 Å². The standard InChI is InChI=1S/C13H12F4O3/c14-11-2-1-9(5-10(11)13(15,16)17)20-7-12(18)8-3-4-19-6-8/h1-2,5,8H,3-4,6-7H2. The predicted molar refractivity (Wildman–Crippen MR) is 60.8 cm³/mol. The van der Waals surface area contributed by atoms with E-state index in [1.54, 1.807) is 0 Å². The average Bonchev–Trinajstić information content (AvgIpc) is 2.90. The SMILES string of the molecule is O=C(COc1ccc(F)c(C(F)(F)F)c1)C1CCOC1. The van der Waals surface area contributed by atoms with Gasteiger partial charge in [-0.15, -0.1) is 0 Å². The second-order valence-electron chi connectivity index (χ2n) is 4.45. The minimum absolute atomic E-state index is 0.189. The smallest absolute Gasteiger partial charge is 0.419 e. The lowest BCUT2D eigenvalue weighted by Crippen LogP contribution is -2.21. The normalized spacial score (nSPS) is 19.1. The second kappa shape index (κ2) is 5.78. The molecule has 1 saturated heterocycles. The molecule has 110 valence electrons. The Hall–Kier alpha value is -1.63. The first-order chi connectivity index (χ1) is 9.38. The maximum absolute atomic E-state index is 13.1. The highest BCUT2D eigenvalue weighted by Gasteiger charge is 2.34. The van der Waals surface area contributed by atoms with Crippen molar-refractivity contribution < 1.29 is 31.8 Å². The molecule has 1 aliphatic heterocycles. The molecule has 20 heavy (non-hydrogen) atoms. The molecule has 1 aromatic rings. The third-order valence-electron chi connectivity index (χ3n) is 3.01. The van der Waals surface area contributed by atoms with Crippen LogP contribution < -0.4 is 4.74 Å². The van der Waals surface area contributed by atoms with Gasteiger partial charge in [0.25, 0.3) is 0 Å². The maximum atomic E-state index is 13.1. The van der Waals surface area contributed by atoms with E-state index in [2.05, 4.69) is 0 Å². The van der Waals surface area contributed by atoms with E-state index in [4.69, 9.17) is 9.47 Å². The summed E-state index contributed by atoms with van der Waals surface area (Å²) in [5, 5.41) is 0. The van der Waals surface area contributed by atoms with Crippen molar-refractivity contribution in [2.24, 2.45) is 5.92 Å². The van der Waals surface area contributed by atoms with Crippen LogP contribution in [0, 0.1) is 11.7 Å².